The zero-order valence-electron chi connectivity index (χ0n) is 11.7. The first-order valence-corrected chi connectivity index (χ1v) is 8.27. The minimum absolute atomic E-state index is 0.592. The Hall–Kier alpha value is -0.0800. The van der Waals surface area contributed by atoms with E-state index in [1.807, 2.05) is 0 Å². The Labute approximate surface area is 112 Å². The van der Waals surface area contributed by atoms with E-state index in [0.717, 1.165) is 24.5 Å². The minimum Gasteiger partial charge on any atom is -0.378 e. The molecular formula is C16H29NO. The van der Waals surface area contributed by atoms with Crippen LogP contribution in [0.3, 0.4) is 0 Å². The molecule has 0 spiro atoms. The predicted octanol–water partition coefficient (Wildman–Crippen LogP) is 3.50. The third kappa shape index (κ3) is 3.71. The molecule has 3 rings (SSSR count). The molecule has 1 heterocycles. The molecular weight excluding hydrogens is 222 g/mol. The molecule has 3 fully saturated rings. The SMILES string of the molecule is C1COC(CCC(CNC2CC2)C2CCCC2)C1. The van der Waals surface area contributed by atoms with Gasteiger partial charge in [0.25, 0.3) is 0 Å². The normalized spacial score (nSPS) is 31.0. The van der Waals surface area contributed by atoms with E-state index >= 15 is 0 Å². The maximum atomic E-state index is 5.78. The maximum absolute atomic E-state index is 5.78. The van der Waals surface area contributed by atoms with Gasteiger partial charge in [0.2, 0.25) is 0 Å². The van der Waals surface area contributed by atoms with Gasteiger partial charge >= 0.3 is 0 Å². The van der Waals surface area contributed by atoms with Crippen LogP contribution in [0.5, 0.6) is 0 Å². The summed E-state index contributed by atoms with van der Waals surface area (Å²) in [5, 5.41) is 3.77. The van der Waals surface area contributed by atoms with Gasteiger partial charge in [-0.2, -0.15) is 0 Å². The summed E-state index contributed by atoms with van der Waals surface area (Å²) < 4.78 is 5.78. The smallest absolute Gasteiger partial charge is 0.0576 e. The maximum Gasteiger partial charge on any atom is 0.0576 e. The first-order valence-electron chi connectivity index (χ1n) is 8.27. The predicted molar refractivity (Wildman–Crippen MR) is 74.7 cm³/mol. The molecule has 18 heavy (non-hydrogen) atoms. The van der Waals surface area contributed by atoms with Crippen molar-refractivity contribution in [2.75, 3.05) is 13.2 Å². The molecule has 3 aliphatic rings. The van der Waals surface area contributed by atoms with Gasteiger partial charge in [-0.25, -0.2) is 0 Å². The molecule has 0 aromatic rings. The first kappa shape index (κ1) is 12.9. The lowest BCUT2D eigenvalue weighted by atomic mass is 9.86. The Morgan fingerprint density at radius 3 is 2.50 bits per heavy atom. The second-order valence-electron chi connectivity index (χ2n) is 6.70. The van der Waals surface area contributed by atoms with Crippen LogP contribution in [0, 0.1) is 11.8 Å². The van der Waals surface area contributed by atoms with Crippen molar-refractivity contribution >= 4 is 0 Å². The summed E-state index contributed by atoms with van der Waals surface area (Å²) in [5.74, 6) is 1.94. The molecule has 0 bridgehead atoms. The van der Waals surface area contributed by atoms with Gasteiger partial charge in [-0.3, -0.25) is 0 Å². The molecule has 2 atom stereocenters. The Kier molecular flexibility index (Phi) is 4.58. The molecule has 2 saturated carbocycles. The second-order valence-corrected chi connectivity index (χ2v) is 6.70. The van der Waals surface area contributed by atoms with Gasteiger partial charge in [-0.1, -0.05) is 25.7 Å². The topological polar surface area (TPSA) is 21.3 Å². The van der Waals surface area contributed by atoms with E-state index in [1.165, 1.54) is 70.8 Å². The third-order valence-electron chi connectivity index (χ3n) is 5.20. The molecule has 0 aromatic heterocycles. The molecule has 1 N–H and O–H groups in total. The van der Waals surface area contributed by atoms with Crippen LogP contribution < -0.4 is 5.32 Å². The summed E-state index contributed by atoms with van der Waals surface area (Å²) in [6, 6.07) is 0.872. The van der Waals surface area contributed by atoms with Gasteiger partial charge in [0.1, 0.15) is 0 Å². The summed E-state index contributed by atoms with van der Waals surface area (Å²) in [5.41, 5.74) is 0. The molecule has 0 amide bonds. The van der Waals surface area contributed by atoms with Crippen molar-refractivity contribution in [3.05, 3.63) is 0 Å². The van der Waals surface area contributed by atoms with E-state index < -0.39 is 0 Å². The number of nitrogens with one attached hydrogen (secondary N) is 1. The number of hydrogen-bond acceptors (Lipinski definition) is 2. The highest BCUT2D eigenvalue weighted by atomic mass is 16.5. The van der Waals surface area contributed by atoms with Crippen LogP contribution in [0.2, 0.25) is 0 Å². The average molecular weight is 251 g/mol. The molecule has 2 heteroatoms. The molecule has 0 radical (unpaired) electrons. The molecule has 1 saturated heterocycles. The van der Waals surface area contributed by atoms with Crippen LogP contribution in [0.1, 0.15) is 64.2 Å². The largest absolute Gasteiger partial charge is 0.378 e. The van der Waals surface area contributed by atoms with Crippen molar-refractivity contribution < 1.29 is 4.74 Å². The van der Waals surface area contributed by atoms with E-state index in [0.29, 0.717) is 6.10 Å². The zero-order chi connectivity index (χ0) is 12.2. The standard InChI is InChI=1S/C16H29NO/c1-2-5-13(4-1)14(12-17-15-8-9-15)7-10-16-6-3-11-18-16/h13-17H,1-12H2. The van der Waals surface area contributed by atoms with Crippen LogP contribution in [-0.2, 0) is 4.74 Å². The summed E-state index contributed by atoms with van der Waals surface area (Å²) in [6.45, 7) is 2.29. The number of hydrogen-bond donors (Lipinski definition) is 1. The third-order valence-corrected chi connectivity index (χ3v) is 5.20. The van der Waals surface area contributed by atoms with Crippen LogP contribution >= 0.6 is 0 Å². The number of ether oxygens (including phenoxy) is 1. The van der Waals surface area contributed by atoms with Crippen molar-refractivity contribution in [1.82, 2.24) is 5.32 Å². The molecule has 1 aliphatic heterocycles. The molecule has 2 unspecified atom stereocenters. The van der Waals surface area contributed by atoms with Crippen molar-refractivity contribution in [1.29, 1.82) is 0 Å². The van der Waals surface area contributed by atoms with Crippen molar-refractivity contribution in [3.63, 3.8) is 0 Å². The first-order chi connectivity index (χ1) is 8.92. The van der Waals surface area contributed by atoms with E-state index in [9.17, 15) is 0 Å². The Morgan fingerprint density at radius 2 is 1.83 bits per heavy atom. The molecule has 104 valence electrons. The quantitative estimate of drug-likeness (QED) is 0.747. The lowest BCUT2D eigenvalue weighted by Crippen LogP contribution is -2.29. The van der Waals surface area contributed by atoms with Crippen LogP contribution in [0.15, 0.2) is 0 Å². The minimum atomic E-state index is 0.592. The highest BCUT2D eigenvalue weighted by Crippen LogP contribution is 2.35. The van der Waals surface area contributed by atoms with E-state index in [4.69, 9.17) is 4.74 Å². The van der Waals surface area contributed by atoms with Crippen molar-refractivity contribution in [2.45, 2.75) is 76.4 Å². The van der Waals surface area contributed by atoms with E-state index in [1.54, 1.807) is 0 Å². The fourth-order valence-corrected chi connectivity index (χ4v) is 3.81. The Morgan fingerprint density at radius 1 is 1.00 bits per heavy atom. The Balaban J connectivity index is 1.43. The van der Waals surface area contributed by atoms with Gasteiger partial charge in [-0.15, -0.1) is 0 Å². The zero-order valence-corrected chi connectivity index (χ0v) is 11.7. The summed E-state index contributed by atoms with van der Waals surface area (Å²) in [4.78, 5) is 0. The van der Waals surface area contributed by atoms with E-state index in [2.05, 4.69) is 5.32 Å². The van der Waals surface area contributed by atoms with E-state index in [-0.39, 0.29) is 0 Å². The van der Waals surface area contributed by atoms with Gasteiger partial charge in [-0.05, 0) is 56.9 Å². The lowest BCUT2D eigenvalue weighted by molar-refractivity contribution is 0.0943. The van der Waals surface area contributed by atoms with Crippen LogP contribution in [0.4, 0.5) is 0 Å². The Bertz CT molecular complexity index is 239. The van der Waals surface area contributed by atoms with Gasteiger partial charge in [0.15, 0.2) is 0 Å². The van der Waals surface area contributed by atoms with Crippen LogP contribution in [-0.4, -0.2) is 25.3 Å². The van der Waals surface area contributed by atoms with Gasteiger partial charge < -0.3 is 10.1 Å². The second kappa shape index (κ2) is 6.38. The highest BCUT2D eigenvalue weighted by molar-refractivity contribution is 4.85. The van der Waals surface area contributed by atoms with Gasteiger partial charge in [0.05, 0.1) is 6.10 Å². The fraction of sp³-hybridized carbons (Fsp3) is 1.00. The average Bonchev–Trinajstić information content (AvgIpc) is 2.86. The highest BCUT2D eigenvalue weighted by Gasteiger charge is 2.28. The summed E-state index contributed by atoms with van der Waals surface area (Å²) in [7, 11) is 0. The molecule has 2 nitrogen and oxygen atoms in total. The van der Waals surface area contributed by atoms with Crippen molar-refractivity contribution in [3.8, 4) is 0 Å². The molecule has 0 aromatic carbocycles. The van der Waals surface area contributed by atoms with Crippen LogP contribution in [0.25, 0.3) is 0 Å². The lowest BCUT2D eigenvalue weighted by Gasteiger charge is -2.25. The number of rotatable bonds is 7. The van der Waals surface area contributed by atoms with Gasteiger partial charge in [0, 0.05) is 12.6 Å². The monoisotopic (exact) mass is 251 g/mol. The van der Waals surface area contributed by atoms with Crippen molar-refractivity contribution in [2.24, 2.45) is 11.8 Å². The summed E-state index contributed by atoms with van der Waals surface area (Å²) >= 11 is 0. The fourth-order valence-electron chi connectivity index (χ4n) is 3.81. The molecule has 2 aliphatic carbocycles. The summed E-state index contributed by atoms with van der Waals surface area (Å²) in [6.07, 6.45) is 14.7.